The van der Waals surface area contributed by atoms with Crippen LogP contribution >= 0.6 is 15.6 Å². The van der Waals surface area contributed by atoms with E-state index >= 15 is 0 Å². The van der Waals surface area contributed by atoms with E-state index in [4.69, 9.17) is 37.0 Å². The van der Waals surface area contributed by atoms with Gasteiger partial charge in [-0.3, -0.25) is 37.3 Å². The second-order valence-corrected chi connectivity index (χ2v) is 34.1. The number of hydrogen-bond donors (Lipinski definition) is 3. The molecule has 103 heavy (non-hydrogen) atoms. The molecule has 0 aliphatic carbocycles. The van der Waals surface area contributed by atoms with Crippen molar-refractivity contribution in [1.82, 2.24) is 0 Å². The highest BCUT2D eigenvalue weighted by molar-refractivity contribution is 7.47. The maximum Gasteiger partial charge on any atom is 0.472 e. The first-order chi connectivity index (χ1) is 49.8. The van der Waals surface area contributed by atoms with Gasteiger partial charge >= 0.3 is 39.5 Å². The van der Waals surface area contributed by atoms with Crippen molar-refractivity contribution in [3.63, 3.8) is 0 Å². The molecule has 3 N–H and O–H groups in total. The number of aliphatic hydroxyl groups is 1. The van der Waals surface area contributed by atoms with Crippen LogP contribution in [0.1, 0.15) is 440 Å². The van der Waals surface area contributed by atoms with Gasteiger partial charge in [0.1, 0.15) is 19.3 Å². The third kappa shape index (κ3) is 75.3. The van der Waals surface area contributed by atoms with Gasteiger partial charge in [0.25, 0.3) is 0 Å². The van der Waals surface area contributed by atoms with Gasteiger partial charge in [0, 0.05) is 25.7 Å². The summed E-state index contributed by atoms with van der Waals surface area (Å²) in [5, 5.41) is 10.6. The fraction of sp³-hybridized carbons (Fsp3) is 0.952. The number of rotatable bonds is 82. The number of hydrogen-bond acceptors (Lipinski definition) is 15. The molecule has 0 aromatic rings. The largest absolute Gasteiger partial charge is 0.472 e. The predicted molar refractivity (Wildman–Crippen MR) is 423 cm³/mol. The average Bonchev–Trinajstić information content (AvgIpc) is 0.933. The normalized spacial score (nSPS) is 14.4. The highest BCUT2D eigenvalue weighted by Gasteiger charge is 2.30. The Morgan fingerprint density at radius 3 is 0.738 bits per heavy atom. The molecule has 7 atom stereocenters. The zero-order valence-corrected chi connectivity index (χ0v) is 69.6. The molecular weight excluding hydrogens is 1340 g/mol. The van der Waals surface area contributed by atoms with Gasteiger partial charge in [-0.1, -0.05) is 389 Å². The van der Waals surface area contributed by atoms with Crippen molar-refractivity contribution in [2.75, 3.05) is 39.6 Å². The molecule has 4 unspecified atom stereocenters. The molecule has 0 saturated heterocycles. The lowest BCUT2D eigenvalue weighted by atomic mass is 9.99. The molecule has 0 heterocycles. The first-order valence-electron chi connectivity index (χ1n) is 43.4. The summed E-state index contributed by atoms with van der Waals surface area (Å²) in [5.74, 6) is 0.302. The van der Waals surface area contributed by atoms with Crippen molar-refractivity contribution in [3.05, 3.63) is 0 Å². The van der Waals surface area contributed by atoms with E-state index in [1.165, 1.54) is 250 Å². The van der Waals surface area contributed by atoms with E-state index in [0.717, 1.165) is 108 Å². The van der Waals surface area contributed by atoms with Gasteiger partial charge in [0.15, 0.2) is 12.2 Å². The van der Waals surface area contributed by atoms with Gasteiger partial charge in [-0.15, -0.1) is 0 Å². The number of ether oxygens (including phenoxy) is 4. The van der Waals surface area contributed by atoms with Crippen LogP contribution in [0.25, 0.3) is 0 Å². The van der Waals surface area contributed by atoms with Crippen molar-refractivity contribution in [1.29, 1.82) is 0 Å². The molecule has 0 aliphatic heterocycles. The lowest BCUT2D eigenvalue weighted by Crippen LogP contribution is -2.30. The van der Waals surface area contributed by atoms with Gasteiger partial charge in [0.05, 0.1) is 26.4 Å². The van der Waals surface area contributed by atoms with E-state index in [0.29, 0.717) is 25.7 Å². The molecule has 0 aliphatic rings. The van der Waals surface area contributed by atoms with E-state index in [1.54, 1.807) is 0 Å². The topological polar surface area (TPSA) is 237 Å². The number of unbranched alkanes of at least 4 members (excludes halogenated alkanes) is 48. The minimum Gasteiger partial charge on any atom is -0.462 e. The maximum absolute atomic E-state index is 13.1. The molecule has 0 radical (unpaired) electrons. The molecule has 0 aromatic carbocycles. The second kappa shape index (κ2) is 74.2. The predicted octanol–water partition coefficient (Wildman–Crippen LogP) is 25.3. The van der Waals surface area contributed by atoms with Crippen LogP contribution in [0.15, 0.2) is 0 Å². The second-order valence-electron chi connectivity index (χ2n) is 31.2. The lowest BCUT2D eigenvalue weighted by molar-refractivity contribution is -0.161. The van der Waals surface area contributed by atoms with Gasteiger partial charge < -0.3 is 33.8 Å². The summed E-state index contributed by atoms with van der Waals surface area (Å²) in [6, 6.07) is 0. The van der Waals surface area contributed by atoms with Crippen LogP contribution in [0.3, 0.4) is 0 Å². The summed E-state index contributed by atoms with van der Waals surface area (Å²) in [6.07, 6.45) is 64.0. The Morgan fingerprint density at radius 1 is 0.282 bits per heavy atom. The van der Waals surface area contributed by atoms with Crippen molar-refractivity contribution < 1.29 is 80.2 Å². The lowest BCUT2D eigenvalue weighted by Gasteiger charge is -2.21. The SMILES string of the molecule is CCCCCCCCCCCCC(=O)OC[C@H](COP(=O)(O)OC[C@H](O)COP(=O)(O)OC[C@@H](COC(=O)CCCCCCCCCCCCCCCCCCCCC(C)C)OC(=O)CCCCCCCCCCCCCCCCCCCCC(C)CC)OC(=O)CCCCCCCCC(C)CC. The Balaban J connectivity index is 5.18. The Bertz CT molecular complexity index is 2000. The monoisotopic (exact) mass is 1510 g/mol. The Labute approximate surface area is 632 Å². The molecule has 612 valence electrons. The Hall–Kier alpha value is -1.94. The van der Waals surface area contributed by atoms with Crippen LogP contribution in [0.5, 0.6) is 0 Å². The molecule has 0 rings (SSSR count). The van der Waals surface area contributed by atoms with Gasteiger partial charge in [-0.05, 0) is 43.4 Å². The van der Waals surface area contributed by atoms with E-state index in [1.807, 2.05) is 0 Å². The molecule has 0 spiro atoms. The van der Waals surface area contributed by atoms with Crippen LogP contribution in [-0.4, -0.2) is 96.7 Å². The van der Waals surface area contributed by atoms with Crippen molar-refractivity contribution in [2.24, 2.45) is 17.8 Å². The summed E-state index contributed by atoms with van der Waals surface area (Å²) >= 11 is 0. The zero-order chi connectivity index (χ0) is 75.8. The van der Waals surface area contributed by atoms with Gasteiger partial charge in [-0.25, -0.2) is 9.13 Å². The van der Waals surface area contributed by atoms with Gasteiger partial charge in [-0.2, -0.15) is 0 Å². The molecular formula is C84H164O17P2. The summed E-state index contributed by atoms with van der Waals surface area (Å²) in [5.41, 5.74) is 0. The van der Waals surface area contributed by atoms with Gasteiger partial charge in [0.2, 0.25) is 0 Å². The molecule has 0 bridgehead atoms. The van der Waals surface area contributed by atoms with Crippen molar-refractivity contribution in [2.45, 2.75) is 458 Å². The molecule has 19 heteroatoms. The summed E-state index contributed by atoms with van der Waals surface area (Å²) in [6.45, 7) is 12.0. The fourth-order valence-electron chi connectivity index (χ4n) is 13.0. The van der Waals surface area contributed by atoms with E-state index < -0.39 is 97.5 Å². The number of carbonyl (C=O) groups excluding carboxylic acids is 4. The highest BCUT2D eigenvalue weighted by Crippen LogP contribution is 2.45. The van der Waals surface area contributed by atoms with Crippen molar-refractivity contribution >= 4 is 39.5 Å². The van der Waals surface area contributed by atoms with Crippen LogP contribution < -0.4 is 0 Å². The number of esters is 4. The third-order valence-electron chi connectivity index (χ3n) is 20.4. The minimum atomic E-state index is -4.96. The first-order valence-corrected chi connectivity index (χ1v) is 46.4. The third-order valence-corrected chi connectivity index (χ3v) is 22.3. The summed E-state index contributed by atoms with van der Waals surface area (Å²) in [7, 11) is -9.92. The standard InChI is InChI=1S/C84H164O17P2/c1-8-11-12-13-14-15-38-43-51-58-65-81(86)95-72-80(101-84(89)68-61-54-47-46-50-57-64-77(7)10-3)74-99-103(92,93)97-70-78(85)69-96-102(90,91)98-73-79(71-94-82(87)66-59-52-44-39-34-30-26-22-18-16-20-24-28-32-36-41-48-55-62-75(4)5)100-83(88)67-60-53-45-40-35-31-27-23-19-17-21-25-29-33-37-42-49-56-63-76(6)9-2/h75-80,85H,8-74H2,1-7H3,(H,90,91)(H,92,93)/t76?,77?,78-,79-,80-/m1/s1. The fourth-order valence-corrected chi connectivity index (χ4v) is 14.5. The van der Waals surface area contributed by atoms with Crippen LogP contribution in [0.2, 0.25) is 0 Å². The zero-order valence-electron chi connectivity index (χ0n) is 67.8. The summed E-state index contributed by atoms with van der Waals surface area (Å²) < 4.78 is 68.7. The van der Waals surface area contributed by atoms with E-state index in [-0.39, 0.29) is 25.7 Å². The summed E-state index contributed by atoms with van der Waals surface area (Å²) in [4.78, 5) is 73.0. The number of phosphoric ester groups is 2. The first kappa shape index (κ1) is 101. The van der Waals surface area contributed by atoms with E-state index in [9.17, 15) is 43.2 Å². The molecule has 17 nitrogen and oxygen atoms in total. The average molecular weight is 1510 g/mol. The smallest absolute Gasteiger partial charge is 0.462 e. The minimum absolute atomic E-state index is 0.103. The number of aliphatic hydroxyl groups excluding tert-OH is 1. The van der Waals surface area contributed by atoms with Crippen LogP contribution in [0, 0.1) is 17.8 Å². The highest BCUT2D eigenvalue weighted by atomic mass is 31.2. The molecule has 0 aromatic heterocycles. The number of carbonyl (C=O) groups is 4. The molecule has 0 saturated carbocycles. The number of phosphoric acid groups is 2. The molecule has 0 amide bonds. The van der Waals surface area contributed by atoms with E-state index in [2.05, 4.69) is 48.5 Å². The van der Waals surface area contributed by atoms with Crippen molar-refractivity contribution in [3.8, 4) is 0 Å². The molecule has 0 fully saturated rings. The quantitative estimate of drug-likeness (QED) is 0.0222. The van der Waals surface area contributed by atoms with Crippen LogP contribution in [-0.2, 0) is 65.4 Å². The Kier molecular flexibility index (Phi) is 72.8. The Morgan fingerprint density at radius 2 is 0.495 bits per heavy atom. The van der Waals surface area contributed by atoms with Crippen LogP contribution in [0.4, 0.5) is 0 Å². The maximum atomic E-state index is 13.1.